The maximum absolute atomic E-state index is 12.6. The van der Waals surface area contributed by atoms with E-state index in [2.05, 4.69) is 20.2 Å². The first-order valence-electron chi connectivity index (χ1n) is 9.02. The van der Waals surface area contributed by atoms with Crippen molar-refractivity contribution in [2.45, 2.75) is 32.1 Å². The van der Waals surface area contributed by atoms with Crippen LogP contribution in [0.4, 0.5) is 5.13 Å². The van der Waals surface area contributed by atoms with Gasteiger partial charge in [-0.2, -0.15) is 0 Å². The number of benzene rings is 2. The normalized spacial score (nSPS) is 11.4. The molecule has 0 aliphatic carbocycles. The summed E-state index contributed by atoms with van der Waals surface area (Å²) in [5.41, 5.74) is 3.29. The summed E-state index contributed by atoms with van der Waals surface area (Å²) in [7, 11) is -3.69. The molecule has 3 aromatic rings. The van der Waals surface area contributed by atoms with Crippen LogP contribution in [0.2, 0.25) is 0 Å². The van der Waals surface area contributed by atoms with Crippen LogP contribution < -0.4 is 10.0 Å². The Labute approximate surface area is 174 Å². The number of nitrogens with one attached hydrogen (secondary N) is 2. The lowest BCUT2D eigenvalue weighted by Crippen LogP contribution is -2.29. The van der Waals surface area contributed by atoms with Crippen molar-refractivity contribution < 1.29 is 13.2 Å². The van der Waals surface area contributed by atoms with Gasteiger partial charge in [0, 0.05) is 18.5 Å². The van der Waals surface area contributed by atoms with Crippen molar-refractivity contribution in [2.75, 3.05) is 11.9 Å². The third-order valence-electron chi connectivity index (χ3n) is 4.21. The molecule has 7 nitrogen and oxygen atoms in total. The van der Waals surface area contributed by atoms with Gasteiger partial charge in [0.05, 0.1) is 4.90 Å². The van der Waals surface area contributed by atoms with E-state index in [0.717, 1.165) is 11.1 Å². The average Bonchev–Trinajstić information content (AvgIpc) is 3.09. The first kappa shape index (κ1) is 21.1. The Morgan fingerprint density at radius 2 is 1.69 bits per heavy atom. The van der Waals surface area contributed by atoms with E-state index < -0.39 is 10.0 Å². The van der Waals surface area contributed by atoms with Crippen LogP contribution in [-0.4, -0.2) is 31.1 Å². The predicted molar refractivity (Wildman–Crippen MR) is 114 cm³/mol. The number of hydrogen-bond acceptors (Lipinski definition) is 6. The highest BCUT2D eigenvalue weighted by Gasteiger charge is 2.20. The van der Waals surface area contributed by atoms with Gasteiger partial charge in [0.1, 0.15) is 5.01 Å². The smallest absolute Gasteiger partial charge is 0.241 e. The second-order valence-corrected chi connectivity index (χ2v) is 9.38. The lowest BCUT2D eigenvalue weighted by atomic mass is 10.1. The van der Waals surface area contributed by atoms with Gasteiger partial charge in [0.25, 0.3) is 0 Å². The number of hydrogen-bond donors (Lipinski definition) is 2. The number of carbonyl (C=O) groups excluding carboxylic acids is 1. The molecule has 0 saturated heterocycles. The Balaban J connectivity index is 1.57. The summed E-state index contributed by atoms with van der Waals surface area (Å²) in [6, 6.07) is 13.2. The monoisotopic (exact) mass is 430 g/mol. The fraction of sp³-hybridized carbons (Fsp3) is 0.250. The number of aryl methyl sites for hydroxylation is 3. The number of sulfonamides is 1. The Morgan fingerprint density at radius 1 is 1.03 bits per heavy atom. The number of aromatic nitrogens is 2. The maximum Gasteiger partial charge on any atom is 0.241 e. The van der Waals surface area contributed by atoms with E-state index >= 15 is 0 Å². The second kappa shape index (κ2) is 8.81. The van der Waals surface area contributed by atoms with Crippen molar-refractivity contribution in [3.8, 4) is 10.6 Å². The van der Waals surface area contributed by atoms with Gasteiger partial charge in [0.2, 0.25) is 21.1 Å². The van der Waals surface area contributed by atoms with Crippen LogP contribution >= 0.6 is 11.3 Å². The highest BCUT2D eigenvalue weighted by molar-refractivity contribution is 7.89. The molecule has 1 aromatic heterocycles. The third-order valence-corrected chi connectivity index (χ3v) is 6.86. The summed E-state index contributed by atoms with van der Waals surface area (Å²) in [5, 5.41) is 11.8. The van der Waals surface area contributed by atoms with Gasteiger partial charge in [-0.3, -0.25) is 4.79 Å². The van der Waals surface area contributed by atoms with Gasteiger partial charge in [-0.25, -0.2) is 13.1 Å². The molecule has 0 spiro atoms. The van der Waals surface area contributed by atoms with Crippen molar-refractivity contribution in [2.24, 2.45) is 0 Å². The fourth-order valence-electron chi connectivity index (χ4n) is 3.11. The van der Waals surface area contributed by atoms with Crippen LogP contribution in [0.1, 0.15) is 23.1 Å². The number of nitrogens with zero attached hydrogens (tertiary/aromatic N) is 2. The molecule has 1 heterocycles. The summed E-state index contributed by atoms with van der Waals surface area (Å²) < 4.78 is 27.7. The zero-order chi connectivity index (χ0) is 21.0. The zero-order valence-electron chi connectivity index (χ0n) is 16.4. The van der Waals surface area contributed by atoms with E-state index in [-0.39, 0.29) is 23.8 Å². The molecule has 0 fully saturated rings. The van der Waals surface area contributed by atoms with Crippen molar-refractivity contribution >= 4 is 32.4 Å². The topological polar surface area (TPSA) is 101 Å². The maximum atomic E-state index is 12.6. The van der Waals surface area contributed by atoms with E-state index in [1.807, 2.05) is 49.4 Å². The lowest BCUT2D eigenvalue weighted by molar-refractivity contribution is -0.116. The molecule has 0 bridgehead atoms. The van der Waals surface area contributed by atoms with Gasteiger partial charge < -0.3 is 5.32 Å². The number of carbonyl (C=O) groups is 1. The molecule has 152 valence electrons. The van der Waals surface area contributed by atoms with Gasteiger partial charge in [-0.05, 0) is 31.9 Å². The molecule has 0 atom stereocenters. The van der Waals surface area contributed by atoms with Crippen molar-refractivity contribution in [3.63, 3.8) is 0 Å². The minimum atomic E-state index is -3.69. The quantitative estimate of drug-likeness (QED) is 0.598. The van der Waals surface area contributed by atoms with E-state index in [4.69, 9.17) is 0 Å². The van der Waals surface area contributed by atoms with E-state index in [1.165, 1.54) is 11.3 Å². The van der Waals surface area contributed by atoms with Crippen LogP contribution in [0, 0.1) is 20.8 Å². The van der Waals surface area contributed by atoms with Gasteiger partial charge in [-0.15, -0.1) is 10.2 Å². The minimum Gasteiger partial charge on any atom is -0.300 e. The number of anilines is 1. The van der Waals surface area contributed by atoms with Gasteiger partial charge in [-0.1, -0.05) is 59.4 Å². The first-order chi connectivity index (χ1) is 13.8. The SMILES string of the molecule is Cc1cc(C)c(S(=O)(=O)NCCC(=O)Nc2nnc(-c3ccccc3)s2)c(C)c1. The van der Waals surface area contributed by atoms with Gasteiger partial charge in [0.15, 0.2) is 0 Å². The highest BCUT2D eigenvalue weighted by Crippen LogP contribution is 2.26. The van der Waals surface area contributed by atoms with Crippen LogP contribution in [0.5, 0.6) is 0 Å². The standard InChI is InChI=1S/C20H22N4O3S2/c1-13-11-14(2)18(15(3)12-13)29(26,27)21-10-9-17(25)22-20-24-23-19(28-20)16-7-5-4-6-8-16/h4-8,11-12,21H,9-10H2,1-3H3,(H,22,24,25). The largest absolute Gasteiger partial charge is 0.300 e. The Kier molecular flexibility index (Phi) is 6.41. The Hall–Kier alpha value is -2.62. The second-order valence-electron chi connectivity index (χ2n) is 6.70. The first-order valence-corrected chi connectivity index (χ1v) is 11.3. The lowest BCUT2D eigenvalue weighted by Gasteiger charge is -2.13. The molecule has 9 heteroatoms. The molecule has 0 saturated carbocycles. The minimum absolute atomic E-state index is 0.00866. The molecule has 29 heavy (non-hydrogen) atoms. The molecule has 1 amide bonds. The Morgan fingerprint density at radius 3 is 2.34 bits per heavy atom. The van der Waals surface area contributed by atoms with E-state index in [0.29, 0.717) is 21.3 Å². The molecule has 0 aliphatic heterocycles. The zero-order valence-corrected chi connectivity index (χ0v) is 18.0. The van der Waals surface area contributed by atoms with Crippen LogP contribution in [-0.2, 0) is 14.8 Å². The Bertz CT molecular complexity index is 1100. The van der Waals surface area contributed by atoms with Crippen molar-refractivity contribution in [3.05, 3.63) is 59.2 Å². The summed E-state index contributed by atoms with van der Waals surface area (Å²) >= 11 is 1.26. The van der Waals surface area contributed by atoms with E-state index in [1.54, 1.807) is 13.8 Å². The predicted octanol–water partition coefficient (Wildman–Crippen LogP) is 3.44. The van der Waals surface area contributed by atoms with Crippen molar-refractivity contribution in [1.29, 1.82) is 0 Å². The number of amides is 1. The van der Waals surface area contributed by atoms with Crippen LogP contribution in [0.3, 0.4) is 0 Å². The fourth-order valence-corrected chi connectivity index (χ4v) is 5.36. The summed E-state index contributed by atoms with van der Waals surface area (Å²) in [4.78, 5) is 12.4. The highest BCUT2D eigenvalue weighted by atomic mass is 32.2. The van der Waals surface area contributed by atoms with Crippen molar-refractivity contribution in [1.82, 2.24) is 14.9 Å². The summed E-state index contributed by atoms with van der Waals surface area (Å²) in [6.45, 7) is 5.44. The molecule has 0 radical (unpaired) electrons. The molecule has 0 unspecified atom stereocenters. The molecule has 2 N–H and O–H groups in total. The van der Waals surface area contributed by atoms with Gasteiger partial charge >= 0.3 is 0 Å². The van der Waals surface area contributed by atoms with E-state index in [9.17, 15) is 13.2 Å². The molecule has 3 rings (SSSR count). The number of rotatable bonds is 7. The molecular formula is C20H22N4O3S2. The van der Waals surface area contributed by atoms with Crippen LogP contribution in [0.15, 0.2) is 47.4 Å². The molecular weight excluding hydrogens is 408 g/mol. The van der Waals surface area contributed by atoms with Crippen LogP contribution in [0.25, 0.3) is 10.6 Å². The summed E-state index contributed by atoms with van der Waals surface area (Å²) in [5.74, 6) is -0.333. The molecule has 2 aromatic carbocycles. The molecule has 0 aliphatic rings. The average molecular weight is 431 g/mol. The summed E-state index contributed by atoms with van der Waals surface area (Å²) in [6.07, 6.45) is -0.0105. The third kappa shape index (κ3) is 5.26.